The highest BCUT2D eigenvalue weighted by Gasteiger charge is 2.47. The van der Waals surface area contributed by atoms with Gasteiger partial charge in [0.25, 0.3) is 5.91 Å². The summed E-state index contributed by atoms with van der Waals surface area (Å²) in [5.74, 6) is -3.83. The van der Waals surface area contributed by atoms with Crippen molar-refractivity contribution < 1.29 is 36.2 Å². The van der Waals surface area contributed by atoms with Gasteiger partial charge in [-0.3, -0.25) is 4.79 Å². The van der Waals surface area contributed by atoms with Gasteiger partial charge in [-0.1, -0.05) is 0 Å². The number of nitrogens with zero attached hydrogens (tertiary/aromatic N) is 1. The van der Waals surface area contributed by atoms with Crippen molar-refractivity contribution in [1.82, 2.24) is 5.43 Å². The second kappa shape index (κ2) is 6.39. The van der Waals surface area contributed by atoms with Crippen LogP contribution in [0.3, 0.4) is 0 Å². The van der Waals surface area contributed by atoms with E-state index in [1.54, 1.807) is 0 Å². The Morgan fingerprint density at radius 2 is 2.00 bits per heavy atom. The van der Waals surface area contributed by atoms with Gasteiger partial charge in [0.15, 0.2) is 11.5 Å². The van der Waals surface area contributed by atoms with Crippen LogP contribution < -0.4 is 14.9 Å². The predicted molar refractivity (Wildman–Crippen MR) is 68.5 cm³/mol. The van der Waals surface area contributed by atoms with Crippen LogP contribution in [0.2, 0.25) is 0 Å². The van der Waals surface area contributed by atoms with Crippen LogP contribution in [0.1, 0.15) is 12.0 Å². The number of carbonyl (C=O) groups excluding carboxylic acids is 1. The molecular weight excluding hydrogens is 327 g/mol. The van der Waals surface area contributed by atoms with E-state index in [1.165, 1.54) is 19.2 Å². The zero-order valence-corrected chi connectivity index (χ0v) is 11.7. The summed E-state index contributed by atoms with van der Waals surface area (Å²) < 4.78 is 71.9. The van der Waals surface area contributed by atoms with Gasteiger partial charge >= 0.3 is 12.8 Å². The Morgan fingerprint density at radius 1 is 1.30 bits per heavy atom. The first kappa shape index (κ1) is 17.0. The molecule has 0 aromatic heterocycles. The fraction of sp³-hybridized carbons (Fsp3) is 0.385. The number of hydrazone groups is 1. The van der Waals surface area contributed by atoms with Crippen LogP contribution in [0.4, 0.5) is 22.0 Å². The summed E-state index contributed by atoms with van der Waals surface area (Å²) >= 11 is 0. The minimum atomic E-state index is -4.71. The van der Waals surface area contributed by atoms with Crippen LogP contribution in [0.15, 0.2) is 23.3 Å². The summed E-state index contributed by atoms with van der Waals surface area (Å²) in [5, 5.41) is 3.58. The third kappa shape index (κ3) is 3.88. The van der Waals surface area contributed by atoms with Crippen LogP contribution >= 0.6 is 0 Å². The molecule has 0 aliphatic carbocycles. The fourth-order valence-electron chi connectivity index (χ4n) is 2.02. The first-order valence-electron chi connectivity index (χ1n) is 6.28. The van der Waals surface area contributed by atoms with E-state index in [1.807, 2.05) is 5.43 Å². The van der Waals surface area contributed by atoms with Gasteiger partial charge in [0.05, 0.1) is 12.8 Å². The summed E-state index contributed by atoms with van der Waals surface area (Å²) in [6, 6.07) is 3.59. The number of hydrogen-bond acceptors (Lipinski definition) is 4. The number of amides is 1. The van der Waals surface area contributed by atoms with Gasteiger partial charge in [0, 0.05) is 12.0 Å². The Labute approximate surface area is 127 Å². The van der Waals surface area contributed by atoms with E-state index in [-0.39, 0.29) is 22.8 Å². The van der Waals surface area contributed by atoms with Gasteiger partial charge < -0.3 is 9.47 Å². The number of halogens is 5. The molecule has 0 radical (unpaired) electrons. The number of carbonyl (C=O) groups is 1. The molecule has 1 aromatic rings. The molecule has 1 amide bonds. The van der Waals surface area contributed by atoms with Crippen molar-refractivity contribution in [2.45, 2.75) is 19.2 Å². The third-order valence-electron chi connectivity index (χ3n) is 3.12. The van der Waals surface area contributed by atoms with Crippen LogP contribution in [0, 0.1) is 5.92 Å². The Hall–Kier alpha value is -2.39. The largest absolute Gasteiger partial charge is 0.493 e. The zero-order valence-electron chi connectivity index (χ0n) is 11.7. The van der Waals surface area contributed by atoms with Crippen molar-refractivity contribution in [1.29, 1.82) is 0 Å². The van der Waals surface area contributed by atoms with Gasteiger partial charge in [0.2, 0.25) is 0 Å². The monoisotopic (exact) mass is 338 g/mol. The Bertz CT molecular complexity index is 631. The summed E-state index contributed by atoms with van der Waals surface area (Å²) in [5.41, 5.74) is 1.95. The maximum absolute atomic E-state index is 12.8. The second-order valence-corrected chi connectivity index (χ2v) is 4.58. The lowest BCUT2D eigenvalue weighted by atomic mass is 9.95. The molecule has 1 aromatic carbocycles. The molecule has 5 nitrogen and oxygen atoms in total. The van der Waals surface area contributed by atoms with E-state index in [0.29, 0.717) is 0 Å². The summed E-state index contributed by atoms with van der Waals surface area (Å²) in [7, 11) is 1.19. The van der Waals surface area contributed by atoms with Crippen molar-refractivity contribution in [2.75, 3.05) is 7.11 Å². The lowest BCUT2D eigenvalue weighted by molar-refractivity contribution is -0.182. The number of rotatable bonds is 4. The van der Waals surface area contributed by atoms with E-state index < -0.39 is 31.0 Å². The molecule has 2 rings (SSSR count). The normalized spacial score (nSPS) is 18.5. The fourth-order valence-corrected chi connectivity index (χ4v) is 2.02. The third-order valence-corrected chi connectivity index (χ3v) is 3.12. The molecule has 0 spiro atoms. The van der Waals surface area contributed by atoms with Gasteiger partial charge in [-0.25, -0.2) is 5.43 Å². The molecule has 23 heavy (non-hydrogen) atoms. The van der Waals surface area contributed by atoms with Gasteiger partial charge in [-0.2, -0.15) is 27.1 Å². The molecule has 0 bridgehead atoms. The van der Waals surface area contributed by atoms with E-state index in [2.05, 4.69) is 9.84 Å². The summed E-state index contributed by atoms with van der Waals surface area (Å²) in [4.78, 5) is 11.3. The Morgan fingerprint density at radius 3 is 2.57 bits per heavy atom. The maximum atomic E-state index is 12.8. The molecule has 126 valence electrons. The Kier molecular flexibility index (Phi) is 4.71. The molecular formula is C13H11F5N2O3. The maximum Gasteiger partial charge on any atom is 0.400 e. The van der Waals surface area contributed by atoms with Crippen molar-refractivity contribution in [3.63, 3.8) is 0 Å². The smallest absolute Gasteiger partial charge is 0.400 e. The topological polar surface area (TPSA) is 59.9 Å². The standard InChI is InChI=1S/C13H11F5N2O3/c1-22-10-4-6(2-3-9(10)23-12(14)15)8-5-7(13(16,17)18)11(21)20-19-8/h2-4,7,12H,5H2,1H3,(H,20,21). The van der Waals surface area contributed by atoms with E-state index >= 15 is 0 Å². The van der Waals surface area contributed by atoms with Crippen molar-refractivity contribution in [3.05, 3.63) is 23.8 Å². The van der Waals surface area contributed by atoms with E-state index in [0.717, 1.165) is 6.07 Å². The molecule has 1 aliphatic rings. The van der Waals surface area contributed by atoms with Crippen molar-refractivity contribution >= 4 is 11.6 Å². The first-order valence-corrected chi connectivity index (χ1v) is 6.28. The van der Waals surface area contributed by atoms with Crippen LogP contribution in [0.25, 0.3) is 0 Å². The minimum absolute atomic E-state index is 0.0474. The number of hydrogen-bond donors (Lipinski definition) is 1. The summed E-state index contributed by atoms with van der Waals surface area (Å²) in [6.45, 7) is -3.07. The molecule has 0 saturated carbocycles. The van der Waals surface area contributed by atoms with Crippen molar-refractivity contribution in [2.24, 2.45) is 11.0 Å². The Balaban J connectivity index is 2.30. The average Bonchev–Trinajstić information content (AvgIpc) is 2.46. The molecule has 1 unspecified atom stereocenters. The number of alkyl halides is 5. The van der Waals surface area contributed by atoms with Crippen molar-refractivity contribution in [3.8, 4) is 11.5 Å². The van der Waals surface area contributed by atoms with Gasteiger partial charge in [0.1, 0.15) is 5.92 Å². The molecule has 0 saturated heterocycles. The second-order valence-electron chi connectivity index (χ2n) is 4.58. The SMILES string of the molecule is COc1cc(C2=NNC(=O)C(C(F)(F)F)C2)ccc1OC(F)F. The minimum Gasteiger partial charge on any atom is -0.493 e. The van der Waals surface area contributed by atoms with E-state index in [9.17, 15) is 26.7 Å². The highest BCUT2D eigenvalue weighted by Crippen LogP contribution is 2.34. The summed E-state index contributed by atoms with van der Waals surface area (Å²) in [6.07, 6.45) is -5.37. The first-order chi connectivity index (χ1) is 10.7. The molecule has 0 fully saturated rings. The number of benzene rings is 1. The number of methoxy groups -OCH3 is 1. The highest BCUT2D eigenvalue weighted by atomic mass is 19.4. The molecule has 1 atom stereocenters. The van der Waals surface area contributed by atoms with Crippen LogP contribution in [0.5, 0.6) is 11.5 Å². The number of ether oxygens (including phenoxy) is 2. The lowest BCUT2D eigenvalue weighted by Crippen LogP contribution is -2.42. The molecule has 1 N–H and O–H groups in total. The van der Waals surface area contributed by atoms with E-state index in [4.69, 9.17) is 4.74 Å². The quantitative estimate of drug-likeness (QED) is 0.859. The molecule has 1 aliphatic heterocycles. The van der Waals surface area contributed by atoms with Crippen LogP contribution in [-0.2, 0) is 4.79 Å². The van der Waals surface area contributed by atoms with Crippen LogP contribution in [-0.4, -0.2) is 31.5 Å². The molecule has 10 heteroatoms. The lowest BCUT2D eigenvalue weighted by Gasteiger charge is -2.23. The predicted octanol–water partition coefficient (Wildman–Crippen LogP) is 2.70. The zero-order chi connectivity index (χ0) is 17.2. The average molecular weight is 338 g/mol. The van der Waals surface area contributed by atoms with Gasteiger partial charge in [-0.15, -0.1) is 0 Å². The molecule has 1 heterocycles. The van der Waals surface area contributed by atoms with Gasteiger partial charge in [-0.05, 0) is 18.2 Å². The highest BCUT2D eigenvalue weighted by molar-refractivity contribution is 6.05. The number of nitrogens with one attached hydrogen (secondary N) is 1.